The molecule has 0 bridgehead atoms. The first-order valence-electron chi connectivity index (χ1n) is 9.47. The van der Waals surface area contributed by atoms with Gasteiger partial charge in [-0.2, -0.15) is 0 Å². The highest BCUT2D eigenvalue weighted by Crippen LogP contribution is 2.23. The molecular weight excluding hydrogens is 388 g/mol. The molecule has 152 valence electrons. The second-order valence-electron chi connectivity index (χ2n) is 7.21. The molecule has 0 saturated carbocycles. The van der Waals surface area contributed by atoms with E-state index in [9.17, 15) is 14.4 Å². The second-order valence-corrected chi connectivity index (χ2v) is 8.13. The summed E-state index contributed by atoms with van der Waals surface area (Å²) in [5.41, 5.74) is 2.60. The zero-order valence-corrected chi connectivity index (χ0v) is 17.5. The lowest BCUT2D eigenvalue weighted by Gasteiger charge is -2.16. The second kappa shape index (κ2) is 9.13. The summed E-state index contributed by atoms with van der Waals surface area (Å²) < 4.78 is 5.78. The molecule has 1 fully saturated rings. The molecule has 1 aliphatic heterocycles. The monoisotopic (exact) mass is 412 g/mol. The molecule has 6 nitrogen and oxygen atoms in total. The number of carbonyl (C=O) groups excluding carboxylic acids is 3. The van der Waals surface area contributed by atoms with Crippen molar-refractivity contribution in [1.29, 1.82) is 0 Å². The van der Waals surface area contributed by atoms with Gasteiger partial charge in [-0.25, -0.2) is 0 Å². The molecule has 0 spiro atoms. The molecule has 3 rings (SSSR count). The van der Waals surface area contributed by atoms with Gasteiger partial charge in [0.05, 0.1) is 12.3 Å². The average Bonchev–Trinajstić information content (AvgIpc) is 3.01. The Hall–Kier alpha value is -2.80. The van der Waals surface area contributed by atoms with E-state index in [1.54, 1.807) is 31.2 Å². The highest BCUT2D eigenvalue weighted by Gasteiger charge is 2.29. The minimum Gasteiger partial charge on any atom is -0.481 e. The van der Waals surface area contributed by atoms with Gasteiger partial charge in [-0.1, -0.05) is 49.9 Å². The van der Waals surface area contributed by atoms with E-state index in [-0.39, 0.29) is 29.4 Å². The number of anilines is 1. The summed E-state index contributed by atoms with van der Waals surface area (Å²) in [6.45, 7) is 6.15. The van der Waals surface area contributed by atoms with E-state index in [4.69, 9.17) is 4.74 Å². The summed E-state index contributed by atoms with van der Waals surface area (Å²) >= 11 is 1.02. The fourth-order valence-corrected chi connectivity index (χ4v) is 3.58. The van der Waals surface area contributed by atoms with Gasteiger partial charge >= 0.3 is 0 Å². The van der Waals surface area contributed by atoms with Crippen molar-refractivity contribution in [3.63, 3.8) is 0 Å². The SMILES string of the molecule is CC(Oc1cccc(C(C)C)c1)C(=O)Nc1ccc(CN2C(=O)CSC2=O)cc1. The fraction of sp³-hybridized carbons (Fsp3) is 0.318. The molecule has 1 unspecified atom stereocenters. The molecule has 0 aromatic heterocycles. The predicted molar refractivity (Wildman–Crippen MR) is 114 cm³/mol. The number of nitrogens with one attached hydrogen (secondary N) is 1. The number of hydrogen-bond donors (Lipinski definition) is 1. The van der Waals surface area contributed by atoms with Gasteiger partial charge in [0.1, 0.15) is 5.75 Å². The number of amides is 3. The Kier molecular flexibility index (Phi) is 6.59. The molecular formula is C22H24N2O4S. The standard InChI is InChI=1S/C22H24N2O4S/c1-14(2)17-5-4-6-19(11-17)28-15(3)21(26)23-18-9-7-16(8-10-18)12-24-20(25)13-29-22(24)27/h4-11,14-15H,12-13H2,1-3H3,(H,23,26). The highest BCUT2D eigenvalue weighted by molar-refractivity contribution is 8.14. The summed E-state index contributed by atoms with van der Waals surface area (Å²) in [4.78, 5) is 37.1. The van der Waals surface area contributed by atoms with Crippen molar-refractivity contribution in [3.8, 4) is 5.75 Å². The van der Waals surface area contributed by atoms with Gasteiger partial charge in [0, 0.05) is 5.69 Å². The summed E-state index contributed by atoms with van der Waals surface area (Å²) in [6.07, 6.45) is -0.658. The Morgan fingerprint density at radius 1 is 1.14 bits per heavy atom. The Bertz CT molecular complexity index is 895. The number of carbonyl (C=O) groups is 3. The number of hydrogen-bond acceptors (Lipinski definition) is 5. The number of benzene rings is 2. The van der Waals surface area contributed by atoms with Gasteiger partial charge in [-0.15, -0.1) is 0 Å². The molecule has 0 aliphatic carbocycles. The summed E-state index contributed by atoms with van der Waals surface area (Å²) in [5, 5.41) is 2.60. The maximum absolute atomic E-state index is 12.4. The number of thioether (sulfide) groups is 1. The molecule has 1 saturated heterocycles. The molecule has 3 amide bonds. The predicted octanol–water partition coefficient (Wildman–Crippen LogP) is 4.41. The Labute approximate surface area is 174 Å². The number of rotatable bonds is 7. The topological polar surface area (TPSA) is 75.7 Å². The van der Waals surface area contributed by atoms with Crippen LogP contribution in [0, 0.1) is 0 Å². The van der Waals surface area contributed by atoms with Gasteiger partial charge in [-0.05, 0) is 48.2 Å². The van der Waals surface area contributed by atoms with E-state index in [1.165, 1.54) is 4.90 Å². The van der Waals surface area contributed by atoms with Crippen LogP contribution in [0.2, 0.25) is 0 Å². The molecule has 29 heavy (non-hydrogen) atoms. The first kappa shape index (κ1) is 20.9. The Morgan fingerprint density at radius 2 is 1.86 bits per heavy atom. The lowest BCUT2D eigenvalue weighted by molar-refractivity contribution is -0.125. The van der Waals surface area contributed by atoms with Crippen LogP contribution in [0.25, 0.3) is 0 Å². The third kappa shape index (κ3) is 5.38. The van der Waals surface area contributed by atoms with Crippen LogP contribution in [-0.4, -0.2) is 33.8 Å². The fourth-order valence-electron chi connectivity index (χ4n) is 2.86. The van der Waals surface area contributed by atoms with Crippen molar-refractivity contribution in [1.82, 2.24) is 4.90 Å². The molecule has 2 aromatic carbocycles. The summed E-state index contributed by atoms with van der Waals surface area (Å²) in [5.74, 6) is 0.808. The van der Waals surface area contributed by atoms with Crippen LogP contribution < -0.4 is 10.1 Å². The van der Waals surface area contributed by atoms with Gasteiger partial charge in [-0.3, -0.25) is 19.3 Å². The third-order valence-corrected chi connectivity index (χ3v) is 5.47. The largest absolute Gasteiger partial charge is 0.481 e. The zero-order chi connectivity index (χ0) is 21.0. The van der Waals surface area contributed by atoms with E-state index >= 15 is 0 Å². The maximum atomic E-state index is 12.4. The number of nitrogens with zero attached hydrogens (tertiary/aromatic N) is 1. The van der Waals surface area contributed by atoms with Crippen molar-refractivity contribution in [2.24, 2.45) is 0 Å². The van der Waals surface area contributed by atoms with Crippen LogP contribution in [0.3, 0.4) is 0 Å². The first-order valence-corrected chi connectivity index (χ1v) is 10.5. The van der Waals surface area contributed by atoms with E-state index in [0.29, 0.717) is 17.4 Å². The van der Waals surface area contributed by atoms with Crippen molar-refractivity contribution in [3.05, 3.63) is 59.7 Å². The molecule has 1 N–H and O–H groups in total. The molecule has 1 atom stereocenters. The van der Waals surface area contributed by atoms with Crippen LogP contribution in [0.1, 0.15) is 37.8 Å². The minimum absolute atomic E-state index is 0.176. The maximum Gasteiger partial charge on any atom is 0.289 e. The van der Waals surface area contributed by atoms with Crippen molar-refractivity contribution in [2.45, 2.75) is 39.3 Å². The normalized spacial score (nSPS) is 15.0. The zero-order valence-electron chi connectivity index (χ0n) is 16.7. The number of imide groups is 1. The van der Waals surface area contributed by atoms with Gasteiger partial charge < -0.3 is 10.1 Å². The molecule has 2 aromatic rings. The van der Waals surface area contributed by atoms with Gasteiger partial charge in [0.2, 0.25) is 5.91 Å². The van der Waals surface area contributed by atoms with Crippen LogP contribution in [0.15, 0.2) is 48.5 Å². The first-order chi connectivity index (χ1) is 13.8. The quantitative estimate of drug-likeness (QED) is 0.729. The van der Waals surface area contributed by atoms with Crippen LogP contribution in [-0.2, 0) is 16.1 Å². The molecule has 0 radical (unpaired) electrons. The minimum atomic E-state index is -0.658. The van der Waals surface area contributed by atoms with E-state index in [2.05, 4.69) is 19.2 Å². The Balaban J connectivity index is 1.56. The molecule has 1 heterocycles. The van der Waals surface area contributed by atoms with Crippen molar-refractivity contribution >= 4 is 34.5 Å². The lowest BCUT2D eigenvalue weighted by atomic mass is 10.0. The summed E-state index contributed by atoms with van der Waals surface area (Å²) in [7, 11) is 0. The van der Waals surface area contributed by atoms with Crippen molar-refractivity contribution < 1.29 is 19.1 Å². The highest BCUT2D eigenvalue weighted by atomic mass is 32.2. The number of ether oxygens (including phenoxy) is 1. The van der Waals surface area contributed by atoms with Gasteiger partial charge in [0.15, 0.2) is 6.10 Å². The Morgan fingerprint density at radius 3 is 2.48 bits per heavy atom. The van der Waals surface area contributed by atoms with E-state index < -0.39 is 6.10 Å². The van der Waals surface area contributed by atoms with Crippen LogP contribution >= 0.6 is 11.8 Å². The third-order valence-electron chi connectivity index (χ3n) is 4.61. The summed E-state index contributed by atoms with van der Waals surface area (Å²) in [6, 6.07) is 14.8. The average molecular weight is 413 g/mol. The van der Waals surface area contributed by atoms with Crippen molar-refractivity contribution in [2.75, 3.05) is 11.1 Å². The van der Waals surface area contributed by atoms with E-state index in [1.807, 2.05) is 24.3 Å². The molecule has 1 aliphatic rings. The van der Waals surface area contributed by atoms with Crippen LogP contribution in [0.4, 0.5) is 10.5 Å². The van der Waals surface area contributed by atoms with Crippen LogP contribution in [0.5, 0.6) is 5.75 Å². The van der Waals surface area contributed by atoms with Gasteiger partial charge in [0.25, 0.3) is 11.1 Å². The van der Waals surface area contributed by atoms with E-state index in [0.717, 1.165) is 22.9 Å². The smallest absolute Gasteiger partial charge is 0.289 e. The molecule has 7 heteroatoms. The lowest BCUT2D eigenvalue weighted by Crippen LogP contribution is -2.30.